The number of hydrogen-bond donors (Lipinski definition) is 0. The third kappa shape index (κ3) is 3.74. The zero-order chi connectivity index (χ0) is 10.5. The lowest BCUT2D eigenvalue weighted by Gasteiger charge is -2.28. The maximum atomic E-state index is 5.34. The van der Waals surface area contributed by atoms with Gasteiger partial charge in [-0.3, -0.25) is 4.90 Å². The molecule has 2 aliphatic rings. The summed E-state index contributed by atoms with van der Waals surface area (Å²) in [5.74, 6) is 0.715. The molecule has 0 radical (unpaired) electrons. The summed E-state index contributed by atoms with van der Waals surface area (Å²) < 4.78 is 6.67. The minimum atomic E-state index is 0.715. The molecule has 0 saturated carbocycles. The molecule has 3 heteroatoms. The first-order valence-corrected chi connectivity index (χ1v) is 6.47. The molecule has 0 aromatic carbocycles. The van der Waals surface area contributed by atoms with Crippen LogP contribution in [0.1, 0.15) is 12.8 Å². The number of rotatable bonds is 3. The van der Waals surface area contributed by atoms with E-state index in [-0.39, 0.29) is 0 Å². The van der Waals surface area contributed by atoms with Gasteiger partial charge in [0, 0.05) is 13.1 Å². The summed E-state index contributed by atoms with van der Waals surface area (Å²) in [4.78, 5) is 2.50. The standard InChI is InChI=1S/C12H18BrNO/c13-12-3-1-2-11(10-12)4-5-14-6-8-15-9-7-14/h1-3,11H,4-10H2. The molecule has 84 valence electrons. The highest BCUT2D eigenvalue weighted by atomic mass is 79.9. The molecule has 0 amide bonds. The van der Waals surface area contributed by atoms with Crippen molar-refractivity contribution in [2.45, 2.75) is 12.8 Å². The molecule has 0 spiro atoms. The Morgan fingerprint density at radius 1 is 1.40 bits per heavy atom. The molecule has 1 heterocycles. The van der Waals surface area contributed by atoms with Crippen molar-refractivity contribution in [2.24, 2.45) is 5.92 Å². The van der Waals surface area contributed by atoms with Gasteiger partial charge in [0.15, 0.2) is 0 Å². The van der Waals surface area contributed by atoms with Crippen LogP contribution in [0.2, 0.25) is 0 Å². The molecule has 0 aromatic heterocycles. The minimum absolute atomic E-state index is 0.715. The molecule has 1 atom stereocenters. The fraction of sp³-hybridized carbons (Fsp3) is 0.667. The molecule has 1 aliphatic carbocycles. The van der Waals surface area contributed by atoms with Crippen LogP contribution in [-0.2, 0) is 4.74 Å². The highest BCUT2D eigenvalue weighted by Crippen LogP contribution is 2.25. The van der Waals surface area contributed by atoms with Crippen molar-refractivity contribution in [2.75, 3.05) is 32.8 Å². The molecular weight excluding hydrogens is 254 g/mol. The van der Waals surface area contributed by atoms with Gasteiger partial charge in [-0.05, 0) is 29.8 Å². The first-order valence-electron chi connectivity index (χ1n) is 5.67. The van der Waals surface area contributed by atoms with E-state index in [4.69, 9.17) is 4.74 Å². The number of ether oxygens (including phenoxy) is 1. The lowest BCUT2D eigenvalue weighted by Crippen LogP contribution is -2.37. The van der Waals surface area contributed by atoms with E-state index in [9.17, 15) is 0 Å². The molecule has 0 aromatic rings. The van der Waals surface area contributed by atoms with Gasteiger partial charge in [-0.1, -0.05) is 34.2 Å². The smallest absolute Gasteiger partial charge is 0.0594 e. The van der Waals surface area contributed by atoms with Crippen LogP contribution in [0.25, 0.3) is 0 Å². The maximum Gasteiger partial charge on any atom is 0.0594 e. The molecule has 15 heavy (non-hydrogen) atoms. The van der Waals surface area contributed by atoms with Gasteiger partial charge in [0.05, 0.1) is 13.2 Å². The minimum Gasteiger partial charge on any atom is -0.379 e. The molecule has 1 saturated heterocycles. The maximum absolute atomic E-state index is 5.34. The summed E-state index contributed by atoms with van der Waals surface area (Å²) in [6.07, 6.45) is 9.06. The predicted molar refractivity (Wildman–Crippen MR) is 66.1 cm³/mol. The Bertz CT molecular complexity index is 256. The van der Waals surface area contributed by atoms with Crippen molar-refractivity contribution in [1.29, 1.82) is 0 Å². The van der Waals surface area contributed by atoms with Crippen molar-refractivity contribution < 1.29 is 4.74 Å². The van der Waals surface area contributed by atoms with E-state index in [0.29, 0.717) is 5.92 Å². The molecule has 0 bridgehead atoms. The monoisotopic (exact) mass is 271 g/mol. The van der Waals surface area contributed by atoms with E-state index in [1.54, 1.807) is 0 Å². The quantitative estimate of drug-likeness (QED) is 0.783. The number of allylic oxidation sites excluding steroid dienone is 4. The average Bonchev–Trinajstić information content (AvgIpc) is 2.28. The van der Waals surface area contributed by atoms with Gasteiger partial charge in [0.25, 0.3) is 0 Å². The first-order chi connectivity index (χ1) is 7.34. The van der Waals surface area contributed by atoms with Crippen molar-refractivity contribution in [3.8, 4) is 0 Å². The lowest BCUT2D eigenvalue weighted by molar-refractivity contribution is 0.0361. The Labute approximate surface area is 100 Å². The van der Waals surface area contributed by atoms with Gasteiger partial charge in [-0.25, -0.2) is 0 Å². The summed E-state index contributed by atoms with van der Waals surface area (Å²) >= 11 is 3.57. The van der Waals surface area contributed by atoms with E-state index >= 15 is 0 Å². The van der Waals surface area contributed by atoms with Crippen LogP contribution < -0.4 is 0 Å². The summed E-state index contributed by atoms with van der Waals surface area (Å²) in [6, 6.07) is 0. The van der Waals surface area contributed by atoms with Crippen LogP contribution >= 0.6 is 15.9 Å². The summed E-state index contributed by atoms with van der Waals surface area (Å²) in [5, 5.41) is 0. The van der Waals surface area contributed by atoms with Gasteiger partial charge < -0.3 is 4.74 Å². The van der Waals surface area contributed by atoms with Gasteiger partial charge in [-0.15, -0.1) is 0 Å². The van der Waals surface area contributed by atoms with Crippen LogP contribution in [0.3, 0.4) is 0 Å². The topological polar surface area (TPSA) is 12.5 Å². The predicted octanol–water partition coefficient (Wildman–Crippen LogP) is 2.56. The third-order valence-corrected chi connectivity index (χ3v) is 3.63. The second-order valence-corrected chi connectivity index (χ2v) is 5.22. The molecule has 1 unspecified atom stereocenters. The second-order valence-electron chi connectivity index (χ2n) is 4.21. The van der Waals surface area contributed by atoms with Gasteiger partial charge >= 0.3 is 0 Å². The van der Waals surface area contributed by atoms with E-state index < -0.39 is 0 Å². The van der Waals surface area contributed by atoms with Crippen molar-refractivity contribution >= 4 is 15.9 Å². The van der Waals surface area contributed by atoms with Gasteiger partial charge in [0.1, 0.15) is 0 Å². The average molecular weight is 272 g/mol. The largest absolute Gasteiger partial charge is 0.379 e. The lowest BCUT2D eigenvalue weighted by atomic mass is 9.97. The molecule has 2 rings (SSSR count). The van der Waals surface area contributed by atoms with E-state index in [1.807, 2.05) is 0 Å². The second kappa shape index (κ2) is 5.83. The Morgan fingerprint density at radius 3 is 2.93 bits per heavy atom. The summed E-state index contributed by atoms with van der Waals surface area (Å²) in [6.45, 7) is 5.23. The number of halogens is 1. The van der Waals surface area contributed by atoms with Gasteiger partial charge in [0.2, 0.25) is 0 Å². The van der Waals surface area contributed by atoms with E-state index in [0.717, 1.165) is 26.3 Å². The zero-order valence-corrected chi connectivity index (χ0v) is 10.6. The van der Waals surface area contributed by atoms with Crippen LogP contribution in [0.4, 0.5) is 0 Å². The van der Waals surface area contributed by atoms with Crippen molar-refractivity contribution in [1.82, 2.24) is 4.90 Å². The molecule has 1 aliphatic heterocycles. The zero-order valence-electron chi connectivity index (χ0n) is 8.99. The fourth-order valence-electron chi connectivity index (χ4n) is 2.08. The molecular formula is C12H18BrNO. The van der Waals surface area contributed by atoms with Crippen LogP contribution in [0.15, 0.2) is 22.7 Å². The Kier molecular flexibility index (Phi) is 4.42. The van der Waals surface area contributed by atoms with Crippen molar-refractivity contribution in [3.63, 3.8) is 0 Å². The normalized spacial score (nSPS) is 27.8. The van der Waals surface area contributed by atoms with Crippen molar-refractivity contribution in [3.05, 3.63) is 22.7 Å². The highest BCUT2D eigenvalue weighted by Gasteiger charge is 2.14. The summed E-state index contributed by atoms with van der Waals surface area (Å²) in [7, 11) is 0. The fourth-order valence-corrected chi connectivity index (χ4v) is 2.64. The number of morpholine rings is 1. The first kappa shape index (κ1) is 11.4. The van der Waals surface area contributed by atoms with E-state index in [1.165, 1.54) is 23.9 Å². The van der Waals surface area contributed by atoms with Crippen LogP contribution in [-0.4, -0.2) is 37.7 Å². The van der Waals surface area contributed by atoms with Gasteiger partial charge in [-0.2, -0.15) is 0 Å². The van der Waals surface area contributed by atoms with E-state index in [2.05, 4.69) is 39.1 Å². The van der Waals surface area contributed by atoms with Crippen LogP contribution in [0, 0.1) is 5.92 Å². The number of hydrogen-bond acceptors (Lipinski definition) is 2. The number of nitrogens with zero attached hydrogens (tertiary/aromatic N) is 1. The Hall–Kier alpha value is -0.120. The summed E-state index contributed by atoms with van der Waals surface area (Å²) in [5.41, 5.74) is 0. The third-order valence-electron chi connectivity index (χ3n) is 3.04. The SMILES string of the molecule is BrC1=CC=CC(CCN2CCOCC2)C1. The van der Waals surface area contributed by atoms with Crippen LogP contribution in [0.5, 0.6) is 0 Å². The molecule has 2 nitrogen and oxygen atoms in total. The highest BCUT2D eigenvalue weighted by molar-refractivity contribution is 9.11. The molecule has 0 N–H and O–H groups in total. The Balaban J connectivity index is 1.69. The molecule has 1 fully saturated rings. The Morgan fingerprint density at radius 2 is 2.20 bits per heavy atom.